The van der Waals surface area contributed by atoms with Crippen molar-refractivity contribution in [1.29, 1.82) is 5.26 Å². The summed E-state index contributed by atoms with van der Waals surface area (Å²) < 4.78 is 46.1. The molecule has 3 aliphatic heterocycles. The largest absolute Gasteiger partial charge is 0.417 e. The number of amides is 2. The summed E-state index contributed by atoms with van der Waals surface area (Å²) >= 11 is 0. The average molecular weight is 406 g/mol. The zero-order chi connectivity index (χ0) is 21.4. The molecule has 5 atom stereocenters. The molecule has 2 amide bonds. The maximum atomic E-state index is 13.3. The molecule has 3 saturated heterocycles. The number of rotatable bonds is 3. The summed E-state index contributed by atoms with van der Waals surface area (Å²) in [6, 6.07) is 4.23. The van der Waals surface area contributed by atoms with E-state index in [1.54, 1.807) is 6.92 Å². The maximum absolute atomic E-state index is 13.3. The van der Waals surface area contributed by atoms with Crippen LogP contribution in [0.3, 0.4) is 0 Å². The predicted molar refractivity (Wildman–Crippen MR) is 92.3 cm³/mol. The van der Waals surface area contributed by atoms with E-state index in [-0.39, 0.29) is 18.0 Å². The first-order valence-corrected chi connectivity index (χ1v) is 9.13. The van der Waals surface area contributed by atoms with Gasteiger partial charge in [-0.05, 0) is 37.5 Å². The number of aldehydes is 1. The van der Waals surface area contributed by atoms with Crippen molar-refractivity contribution in [2.45, 2.75) is 44.1 Å². The van der Waals surface area contributed by atoms with Crippen molar-refractivity contribution in [3.8, 4) is 6.07 Å². The molecule has 29 heavy (non-hydrogen) atoms. The topological polar surface area (TPSA) is 87.5 Å². The van der Waals surface area contributed by atoms with Crippen LogP contribution < -0.4 is 4.90 Å². The quantitative estimate of drug-likeness (QED) is 0.569. The summed E-state index contributed by atoms with van der Waals surface area (Å²) in [5.41, 5.74) is -4.15. The molecule has 0 spiro atoms. The molecule has 0 aliphatic carbocycles. The molecule has 1 aromatic carbocycles. The molecule has 3 fully saturated rings. The molecule has 0 saturated carbocycles. The normalized spacial score (nSPS) is 35.7. The van der Waals surface area contributed by atoms with Crippen LogP contribution in [0.5, 0.6) is 0 Å². The molecule has 1 aromatic rings. The van der Waals surface area contributed by atoms with Crippen LogP contribution >= 0.6 is 0 Å². The van der Waals surface area contributed by atoms with Crippen molar-refractivity contribution in [1.82, 2.24) is 0 Å². The third-order valence-corrected chi connectivity index (χ3v) is 6.55. The number of hydrogen-bond donors (Lipinski definition) is 0. The number of halogens is 3. The second kappa shape index (κ2) is 5.89. The zero-order valence-electron chi connectivity index (χ0n) is 15.6. The summed E-state index contributed by atoms with van der Waals surface area (Å²) in [7, 11) is 0. The Bertz CT molecular complexity index is 985. The molecular formula is C20H17F3N2O4. The Morgan fingerprint density at radius 3 is 2.55 bits per heavy atom. The fraction of sp³-hybridized carbons (Fsp3) is 0.500. The molecule has 4 rings (SSSR count). The van der Waals surface area contributed by atoms with Crippen LogP contribution in [0.4, 0.5) is 18.9 Å². The third-order valence-electron chi connectivity index (χ3n) is 6.55. The van der Waals surface area contributed by atoms with Crippen LogP contribution in [0, 0.1) is 29.1 Å². The van der Waals surface area contributed by atoms with Gasteiger partial charge in [-0.25, -0.2) is 4.90 Å². The van der Waals surface area contributed by atoms with Gasteiger partial charge >= 0.3 is 6.18 Å². The molecule has 0 radical (unpaired) electrons. The first-order chi connectivity index (χ1) is 13.5. The fourth-order valence-corrected chi connectivity index (χ4v) is 5.45. The van der Waals surface area contributed by atoms with E-state index < -0.39 is 52.2 Å². The lowest BCUT2D eigenvalue weighted by Gasteiger charge is -2.34. The summed E-state index contributed by atoms with van der Waals surface area (Å²) in [5, 5.41) is 8.96. The highest BCUT2D eigenvalue weighted by Gasteiger charge is 2.76. The summed E-state index contributed by atoms with van der Waals surface area (Å²) in [6.07, 6.45) is -3.77. The summed E-state index contributed by atoms with van der Waals surface area (Å²) in [4.78, 5) is 38.4. The number of fused-ring (bicyclic) bond motifs is 5. The lowest BCUT2D eigenvalue weighted by atomic mass is 9.63. The van der Waals surface area contributed by atoms with Crippen molar-refractivity contribution < 1.29 is 32.3 Å². The first-order valence-electron chi connectivity index (χ1n) is 9.13. The Kier molecular flexibility index (Phi) is 3.98. The molecule has 3 heterocycles. The number of anilines is 1. The minimum absolute atomic E-state index is 0.0705. The Labute approximate surface area is 164 Å². The number of alkyl halides is 3. The fourth-order valence-electron chi connectivity index (χ4n) is 5.45. The minimum Gasteiger partial charge on any atom is -0.366 e. The van der Waals surface area contributed by atoms with Crippen LogP contribution in [0.2, 0.25) is 0 Å². The minimum atomic E-state index is -4.82. The highest BCUT2D eigenvalue weighted by molar-refractivity contribution is 6.23. The van der Waals surface area contributed by atoms with E-state index in [4.69, 9.17) is 10.00 Å². The van der Waals surface area contributed by atoms with Crippen molar-refractivity contribution in [2.24, 2.45) is 17.8 Å². The van der Waals surface area contributed by atoms with E-state index in [1.165, 1.54) is 6.07 Å². The maximum Gasteiger partial charge on any atom is 0.417 e. The van der Waals surface area contributed by atoms with Gasteiger partial charge < -0.3 is 9.53 Å². The van der Waals surface area contributed by atoms with E-state index >= 15 is 0 Å². The monoisotopic (exact) mass is 406 g/mol. The third kappa shape index (κ3) is 2.42. The van der Waals surface area contributed by atoms with Gasteiger partial charge in [-0.2, -0.15) is 18.4 Å². The van der Waals surface area contributed by atoms with E-state index in [9.17, 15) is 27.6 Å². The highest BCUT2D eigenvalue weighted by atomic mass is 19.4. The van der Waals surface area contributed by atoms with Gasteiger partial charge in [0.1, 0.15) is 6.29 Å². The van der Waals surface area contributed by atoms with Gasteiger partial charge in [-0.1, -0.05) is 6.92 Å². The number of imide groups is 1. The number of ether oxygens (including phenoxy) is 1. The van der Waals surface area contributed by atoms with Gasteiger partial charge in [0, 0.05) is 6.42 Å². The highest BCUT2D eigenvalue weighted by Crippen LogP contribution is 2.64. The van der Waals surface area contributed by atoms with Crippen LogP contribution in [0.15, 0.2) is 18.2 Å². The van der Waals surface area contributed by atoms with E-state index in [0.717, 1.165) is 17.0 Å². The smallest absolute Gasteiger partial charge is 0.366 e. The number of benzene rings is 1. The predicted octanol–water partition coefficient (Wildman–Crippen LogP) is 2.84. The second-order valence-electron chi connectivity index (χ2n) is 8.15. The van der Waals surface area contributed by atoms with Gasteiger partial charge in [-0.15, -0.1) is 0 Å². The van der Waals surface area contributed by atoms with Gasteiger partial charge in [0.15, 0.2) is 0 Å². The number of hydrogen-bond acceptors (Lipinski definition) is 5. The van der Waals surface area contributed by atoms with Crippen LogP contribution in [0.1, 0.15) is 37.8 Å². The van der Waals surface area contributed by atoms with Crippen molar-refractivity contribution >= 4 is 23.8 Å². The summed E-state index contributed by atoms with van der Waals surface area (Å²) in [6.45, 7) is 3.55. The average Bonchev–Trinajstić information content (AvgIpc) is 3.16. The lowest BCUT2D eigenvalue weighted by molar-refractivity contribution is -0.138. The van der Waals surface area contributed by atoms with Gasteiger partial charge in [0.05, 0.1) is 45.9 Å². The van der Waals surface area contributed by atoms with E-state index in [0.29, 0.717) is 18.8 Å². The molecule has 3 aliphatic rings. The Morgan fingerprint density at radius 2 is 1.97 bits per heavy atom. The van der Waals surface area contributed by atoms with Crippen molar-refractivity contribution in [2.75, 3.05) is 4.90 Å². The lowest BCUT2D eigenvalue weighted by Crippen LogP contribution is -2.47. The molecule has 2 bridgehead atoms. The number of nitriles is 1. The van der Waals surface area contributed by atoms with Crippen LogP contribution in [-0.2, 0) is 25.3 Å². The van der Waals surface area contributed by atoms with Gasteiger partial charge in [0.25, 0.3) is 0 Å². The molecule has 9 heteroatoms. The Hall–Kier alpha value is -2.73. The molecule has 0 unspecified atom stereocenters. The second-order valence-corrected chi connectivity index (χ2v) is 8.15. The standard InChI is InChI=1S/C20H17F3N2O4/c1-10-8-18(2)14-15(19(10,29-18)5-6-26)17(28)25(16(14)27)12-4-3-11(9-24)13(7-12)20(21,22)23/h3-4,6-7,10,14-15H,5,8H2,1-2H3/t10-,14+,15-,18+,19-/m0/s1. The molecule has 152 valence electrons. The van der Waals surface area contributed by atoms with Crippen molar-refractivity contribution in [3.05, 3.63) is 29.3 Å². The number of carbonyl (C=O) groups excluding carboxylic acids is 3. The number of nitrogens with zero attached hydrogens (tertiary/aromatic N) is 2. The SMILES string of the molecule is C[C@H]1C[C@@]2(C)O[C@]1(CC=O)[C@@H]1C(=O)N(c3ccc(C#N)c(C(F)(F)F)c3)C(=O)[C@@H]12. The van der Waals surface area contributed by atoms with Crippen LogP contribution in [-0.4, -0.2) is 29.3 Å². The first kappa shape index (κ1) is 19.6. The summed E-state index contributed by atoms with van der Waals surface area (Å²) in [5.74, 6) is -3.27. The number of carbonyl (C=O) groups is 3. The van der Waals surface area contributed by atoms with Gasteiger partial charge in [0.2, 0.25) is 11.8 Å². The molecule has 0 aromatic heterocycles. The molecule has 6 nitrogen and oxygen atoms in total. The van der Waals surface area contributed by atoms with Crippen molar-refractivity contribution in [3.63, 3.8) is 0 Å². The zero-order valence-corrected chi connectivity index (χ0v) is 15.6. The van der Waals surface area contributed by atoms with Crippen LogP contribution in [0.25, 0.3) is 0 Å². The van der Waals surface area contributed by atoms with Gasteiger partial charge in [-0.3, -0.25) is 9.59 Å². The van der Waals surface area contributed by atoms with E-state index in [2.05, 4.69) is 0 Å². The molecule has 0 N–H and O–H groups in total. The van der Waals surface area contributed by atoms with E-state index in [1.807, 2.05) is 6.92 Å². The molecular weight excluding hydrogens is 389 g/mol. The Balaban J connectivity index is 1.82. The Morgan fingerprint density at radius 1 is 1.31 bits per heavy atom.